The molecule has 0 saturated carbocycles. The Morgan fingerprint density at radius 2 is 1.71 bits per heavy atom. The Kier molecular flexibility index (Phi) is 6.45. The van der Waals surface area contributed by atoms with Crippen LogP contribution in [0.1, 0.15) is 27.0 Å². The molecule has 0 bridgehead atoms. The van der Waals surface area contributed by atoms with E-state index in [-0.39, 0.29) is 34.9 Å². The van der Waals surface area contributed by atoms with Gasteiger partial charge in [-0.1, -0.05) is 23.7 Å². The summed E-state index contributed by atoms with van der Waals surface area (Å²) in [5.41, 5.74) is 0.208. The summed E-state index contributed by atoms with van der Waals surface area (Å²) in [5, 5.41) is 12.9. The van der Waals surface area contributed by atoms with E-state index in [0.29, 0.717) is 22.8 Å². The molecule has 0 atom stereocenters. The highest BCUT2D eigenvalue weighted by atomic mass is 35.5. The van der Waals surface area contributed by atoms with Crippen LogP contribution in [0.25, 0.3) is 0 Å². The van der Waals surface area contributed by atoms with E-state index in [1.807, 2.05) is 0 Å². The van der Waals surface area contributed by atoms with E-state index in [0.717, 1.165) is 4.90 Å². The summed E-state index contributed by atoms with van der Waals surface area (Å²) in [7, 11) is 0. The van der Waals surface area contributed by atoms with Crippen LogP contribution >= 0.6 is 11.6 Å². The fraction of sp³-hybridized carbons (Fsp3) is 0.130. The number of rotatable bonds is 5. The van der Waals surface area contributed by atoms with Crippen LogP contribution in [0.3, 0.4) is 0 Å². The monoisotopic (exact) mass is 493 g/mol. The zero-order valence-corrected chi connectivity index (χ0v) is 18.0. The van der Waals surface area contributed by atoms with Gasteiger partial charge in [0.2, 0.25) is 0 Å². The Labute approximate surface area is 195 Å². The molecule has 34 heavy (non-hydrogen) atoms. The topological polar surface area (TPSA) is 72.9 Å². The highest BCUT2D eigenvalue weighted by Crippen LogP contribution is 2.32. The van der Waals surface area contributed by atoms with Crippen molar-refractivity contribution in [3.8, 4) is 0 Å². The number of carbonyl (C=O) groups is 2. The summed E-state index contributed by atoms with van der Waals surface area (Å²) in [6, 6.07) is 8.37. The van der Waals surface area contributed by atoms with E-state index < -0.39 is 47.3 Å². The zero-order chi connectivity index (χ0) is 24.6. The number of nitrogens with one attached hydrogen (secondary N) is 1. The molecule has 0 fully saturated rings. The number of fused-ring (bicyclic) bond motifs is 1. The van der Waals surface area contributed by atoms with Crippen LogP contribution < -0.4 is 10.2 Å². The molecule has 0 saturated heterocycles. The Morgan fingerprint density at radius 3 is 2.38 bits per heavy atom. The molecule has 6 nitrogen and oxygen atoms in total. The number of hydrogen-bond acceptors (Lipinski definition) is 3. The Bertz CT molecular complexity index is 1260. The first-order chi connectivity index (χ1) is 16.2. The molecule has 0 aromatic heterocycles. The van der Waals surface area contributed by atoms with Crippen LogP contribution in [0.2, 0.25) is 5.02 Å². The predicted molar refractivity (Wildman–Crippen MR) is 114 cm³/mol. The number of hydrogen-bond donors (Lipinski definition) is 2. The minimum absolute atomic E-state index is 0.0101. The van der Waals surface area contributed by atoms with E-state index in [9.17, 15) is 32.4 Å². The average Bonchev–Trinajstić information content (AvgIpc) is 2.77. The van der Waals surface area contributed by atoms with Crippen molar-refractivity contribution in [3.05, 3.63) is 99.1 Å². The van der Waals surface area contributed by atoms with E-state index in [4.69, 9.17) is 11.6 Å². The summed E-state index contributed by atoms with van der Waals surface area (Å²) in [5.74, 6) is -4.77. The molecule has 0 unspecified atom stereocenters. The van der Waals surface area contributed by atoms with Crippen molar-refractivity contribution in [2.45, 2.75) is 19.6 Å². The van der Waals surface area contributed by atoms with E-state index in [1.54, 1.807) is 0 Å². The van der Waals surface area contributed by atoms with Gasteiger partial charge in [-0.2, -0.15) is 0 Å². The predicted octanol–water partition coefficient (Wildman–Crippen LogP) is 5.16. The fourth-order valence-electron chi connectivity index (χ4n) is 3.57. The van der Waals surface area contributed by atoms with Crippen LogP contribution in [0, 0.1) is 23.3 Å². The standard InChI is InChI=1S/C23H16ClF4N3O3/c24-17-2-1-3-18(26)16(17)11-30-21-6-12(4-5-13(21)10-31(34)23(30)33)22(32)29-9-15-19(27)7-14(25)8-20(15)28/h1-8,34H,9-11H2,(H,29,32). The summed E-state index contributed by atoms with van der Waals surface area (Å²) in [6.07, 6.45) is 0. The average molecular weight is 494 g/mol. The van der Waals surface area contributed by atoms with E-state index >= 15 is 0 Å². The van der Waals surface area contributed by atoms with Gasteiger partial charge in [-0.3, -0.25) is 14.9 Å². The van der Waals surface area contributed by atoms with Gasteiger partial charge in [0.25, 0.3) is 5.91 Å². The third-order valence-electron chi connectivity index (χ3n) is 5.32. The number of anilines is 1. The quantitative estimate of drug-likeness (QED) is 0.381. The molecule has 1 aliphatic heterocycles. The highest BCUT2D eigenvalue weighted by Gasteiger charge is 2.31. The molecule has 4 rings (SSSR count). The van der Waals surface area contributed by atoms with Gasteiger partial charge >= 0.3 is 6.03 Å². The van der Waals surface area contributed by atoms with Crippen LogP contribution in [-0.2, 0) is 19.6 Å². The van der Waals surface area contributed by atoms with Gasteiger partial charge in [0.1, 0.15) is 23.3 Å². The van der Waals surface area contributed by atoms with Crippen LogP contribution in [0.5, 0.6) is 0 Å². The molecule has 1 aliphatic rings. The first kappa shape index (κ1) is 23.5. The van der Waals surface area contributed by atoms with Crippen LogP contribution in [0.15, 0.2) is 48.5 Å². The van der Waals surface area contributed by atoms with Gasteiger partial charge in [-0.15, -0.1) is 0 Å². The lowest BCUT2D eigenvalue weighted by Crippen LogP contribution is -2.45. The lowest BCUT2D eigenvalue weighted by Gasteiger charge is -2.34. The first-order valence-corrected chi connectivity index (χ1v) is 10.3. The number of carbonyl (C=O) groups excluding carboxylic acids is 2. The molecule has 1 heterocycles. The molecular formula is C23H16ClF4N3O3. The van der Waals surface area contributed by atoms with Gasteiger partial charge in [0.15, 0.2) is 0 Å². The highest BCUT2D eigenvalue weighted by molar-refractivity contribution is 6.31. The maximum Gasteiger partial charge on any atom is 0.348 e. The van der Waals surface area contributed by atoms with Crippen molar-refractivity contribution < 1.29 is 32.4 Å². The third-order valence-corrected chi connectivity index (χ3v) is 5.67. The second-order valence-corrected chi connectivity index (χ2v) is 7.91. The molecule has 11 heteroatoms. The van der Waals surface area contributed by atoms with Gasteiger partial charge in [0, 0.05) is 40.4 Å². The molecule has 176 valence electrons. The van der Waals surface area contributed by atoms with Gasteiger partial charge in [0.05, 0.1) is 18.8 Å². The summed E-state index contributed by atoms with van der Waals surface area (Å²) in [6.45, 7) is -1.05. The second kappa shape index (κ2) is 9.32. The van der Waals surface area contributed by atoms with Crippen molar-refractivity contribution in [3.63, 3.8) is 0 Å². The summed E-state index contributed by atoms with van der Waals surface area (Å²) >= 11 is 6.07. The molecule has 3 amide bonds. The van der Waals surface area contributed by atoms with Gasteiger partial charge < -0.3 is 5.32 Å². The maximum atomic E-state index is 14.3. The number of hydroxylamine groups is 2. The molecule has 0 aliphatic carbocycles. The zero-order valence-electron chi connectivity index (χ0n) is 17.3. The van der Waals surface area contributed by atoms with Crippen molar-refractivity contribution in [2.24, 2.45) is 0 Å². The summed E-state index contributed by atoms with van der Waals surface area (Å²) in [4.78, 5) is 26.3. The van der Waals surface area contributed by atoms with Crippen molar-refractivity contribution in [2.75, 3.05) is 4.90 Å². The lowest BCUT2D eigenvalue weighted by atomic mass is 10.0. The Morgan fingerprint density at radius 1 is 1.00 bits per heavy atom. The maximum absolute atomic E-state index is 14.3. The molecule has 3 aromatic rings. The molecule has 0 spiro atoms. The first-order valence-electron chi connectivity index (χ1n) is 9.91. The van der Waals surface area contributed by atoms with E-state index in [1.165, 1.54) is 36.4 Å². The molecule has 0 radical (unpaired) electrons. The van der Waals surface area contributed by atoms with Crippen LogP contribution in [-0.4, -0.2) is 22.2 Å². The number of halogens is 5. The van der Waals surface area contributed by atoms with Gasteiger partial charge in [-0.25, -0.2) is 27.4 Å². The van der Waals surface area contributed by atoms with Crippen molar-refractivity contribution in [1.29, 1.82) is 0 Å². The van der Waals surface area contributed by atoms with Crippen molar-refractivity contribution in [1.82, 2.24) is 10.4 Å². The molecule has 2 N–H and O–H groups in total. The van der Waals surface area contributed by atoms with Gasteiger partial charge in [-0.05, 0) is 29.8 Å². The van der Waals surface area contributed by atoms with Crippen molar-refractivity contribution >= 4 is 29.2 Å². The largest absolute Gasteiger partial charge is 0.348 e. The minimum atomic E-state index is -1.15. The molecule has 3 aromatic carbocycles. The lowest BCUT2D eigenvalue weighted by molar-refractivity contribution is -0.0506. The fourth-order valence-corrected chi connectivity index (χ4v) is 3.79. The third kappa shape index (κ3) is 4.55. The normalized spacial score (nSPS) is 13.2. The number of urea groups is 1. The summed E-state index contributed by atoms with van der Waals surface area (Å²) < 4.78 is 55.1. The number of amides is 3. The minimum Gasteiger partial charge on any atom is -0.348 e. The van der Waals surface area contributed by atoms with E-state index in [2.05, 4.69) is 5.32 Å². The Hall–Kier alpha value is -3.63. The smallest absolute Gasteiger partial charge is 0.348 e. The Balaban J connectivity index is 1.62. The SMILES string of the molecule is O=C(NCc1c(F)cc(F)cc1F)c1ccc2c(c1)N(Cc1c(F)cccc1Cl)C(=O)N(O)C2. The number of nitrogens with zero attached hydrogens (tertiary/aromatic N) is 2. The second-order valence-electron chi connectivity index (χ2n) is 7.50. The van der Waals surface area contributed by atoms with Crippen LogP contribution in [0.4, 0.5) is 28.0 Å². The molecular weight excluding hydrogens is 478 g/mol. The number of benzene rings is 3.